The number of carboxylic acid groups (broad SMARTS) is 1. The summed E-state index contributed by atoms with van der Waals surface area (Å²) in [7, 11) is 0. The molecule has 0 saturated heterocycles. The Morgan fingerprint density at radius 2 is 2.00 bits per heavy atom. The first kappa shape index (κ1) is 21.9. The molecule has 0 saturated carbocycles. The molecule has 0 bridgehead atoms. The molecule has 4 rings (SSSR count). The number of carboxylic acids is 1. The predicted molar refractivity (Wildman–Crippen MR) is 125 cm³/mol. The number of carbonyl (C=O) groups is 2. The lowest BCUT2D eigenvalue weighted by molar-refractivity contribution is -0.117. The SMILES string of the molecule is N#C/C(=C\c1ccc(-c2ccc(C(=O)O)c(Cl)c2)o1)C(=O)NCCc1c[nH]c2ccccc12. The van der Waals surface area contributed by atoms with Crippen molar-refractivity contribution < 1.29 is 19.1 Å². The van der Waals surface area contributed by atoms with Crippen molar-refractivity contribution in [3.63, 3.8) is 0 Å². The van der Waals surface area contributed by atoms with Crippen LogP contribution in [-0.2, 0) is 11.2 Å². The average molecular weight is 460 g/mol. The second kappa shape index (κ2) is 9.47. The minimum absolute atomic E-state index is 0.0110. The number of halogens is 1. The summed E-state index contributed by atoms with van der Waals surface area (Å²) < 4.78 is 5.70. The van der Waals surface area contributed by atoms with Gasteiger partial charge in [0.1, 0.15) is 23.2 Å². The van der Waals surface area contributed by atoms with Crippen molar-refractivity contribution in [3.05, 3.63) is 88.3 Å². The van der Waals surface area contributed by atoms with Gasteiger partial charge in [-0.1, -0.05) is 35.9 Å². The quantitative estimate of drug-likeness (QED) is 0.264. The van der Waals surface area contributed by atoms with Crippen molar-refractivity contribution in [2.45, 2.75) is 6.42 Å². The number of nitriles is 1. The van der Waals surface area contributed by atoms with E-state index in [0.29, 0.717) is 30.0 Å². The molecule has 1 amide bonds. The molecule has 2 aromatic carbocycles. The number of benzene rings is 2. The molecule has 0 spiro atoms. The van der Waals surface area contributed by atoms with E-state index >= 15 is 0 Å². The Balaban J connectivity index is 1.43. The van der Waals surface area contributed by atoms with E-state index in [0.717, 1.165) is 16.5 Å². The van der Waals surface area contributed by atoms with E-state index in [1.165, 1.54) is 18.2 Å². The molecular formula is C25H18ClN3O4. The standard InChI is InChI=1S/C25H18ClN3O4/c26-21-12-15(5-7-20(21)25(31)32)23-8-6-18(33-23)11-17(13-27)24(30)28-10-9-16-14-29-22-4-2-1-3-19(16)22/h1-8,11-12,14,29H,9-10H2,(H,28,30)(H,31,32)/b17-11+. The molecule has 164 valence electrons. The predicted octanol–water partition coefficient (Wildman–Crippen LogP) is 5.05. The van der Waals surface area contributed by atoms with Gasteiger partial charge in [0.05, 0.1) is 10.6 Å². The molecule has 0 aliphatic rings. The zero-order valence-corrected chi connectivity index (χ0v) is 18.0. The van der Waals surface area contributed by atoms with Gasteiger partial charge in [-0.25, -0.2) is 4.79 Å². The van der Waals surface area contributed by atoms with E-state index in [4.69, 9.17) is 21.1 Å². The minimum atomic E-state index is -1.12. The number of aromatic nitrogens is 1. The van der Waals surface area contributed by atoms with E-state index in [9.17, 15) is 14.9 Å². The largest absolute Gasteiger partial charge is 0.478 e. The van der Waals surface area contributed by atoms with E-state index < -0.39 is 11.9 Å². The molecule has 2 aromatic heterocycles. The normalized spacial score (nSPS) is 11.3. The van der Waals surface area contributed by atoms with Gasteiger partial charge in [-0.2, -0.15) is 5.26 Å². The van der Waals surface area contributed by atoms with E-state index in [2.05, 4.69) is 10.3 Å². The van der Waals surface area contributed by atoms with Crippen LogP contribution in [0.25, 0.3) is 28.3 Å². The van der Waals surface area contributed by atoms with Gasteiger partial charge in [0.15, 0.2) is 0 Å². The second-order valence-corrected chi connectivity index (χ2v) is 7.64. The third kappa shape index (κ3) is 4.81. The van der Waals surface area contributed by atoms with Crippen LogP contribution in [0.2, 0.25) is 5.02 Å². The van der Waals surface area contributed by atoms with E-state index in [1.54, 1.807) is 18.2 Å². The maximum absolute atomic E-state index is 12.5. The molecule has 0 atom stereocenters. The number of amides is 1. The monoisotopic (exact) mass is 459 g/mol. The highest BCUT2D eigenvalue weighted by atomic mass is 35.5. The first-order valence-electron chi connectivity index (χ1n) is 10.0. The molecule has 8 heteroatoms. The zero-order valence-electron chi connectivity index (χ0n) is 17.3. The Labute approximate surface area is 193 Å². The zero-order chi connectivity index (χ0) is 23.4. The number of nitrogens with zero attached hydrogens (tertiary/aromatic N) is 1. The fourth-order valence-electron chi connectivity index (χ4n) is 3.46. The summed E-state index contributed by atoms with van der Waals surface area (Å²) >= 11 is 6.01. The van der Waals surface area contributed by atoms with Crippen LogP contribution in [0.1, 0.15) is 21.7 Å². The van der Waals surface area contributed by atoms with E-state index in [-0.39, 0.29) is 16.2 Å². The molecule has 33 heavy (non-hydrogen) atoms. The maximum atomic E-state index is 12.5. The fraction of sp³-hybridized carbons (Fsp3) is 0.0800. The van der Waals surface area contributed by atoms with Gasteiger partial charge < -0.3 is 19.8 Å². The number of hydrogen-bond donors (Lipinski definition) is 3. The fourth-order valence-corrected chi connectivity index (χ4v) is 3.72. The smallest absolute Gasteiger partial charge is 0.337 e. The van der Waals surface area contributed by atoms with Crippen LogP contribution in [0.15, 0.2) is 70.8 Å². The summed E-state index contributed by atoms with van der Waals surface area (Å²) in [5, 5.41) is 22.5. The average Bonchev–Trinajstić information content (AvgIpc) is 3.44. The van der Waals surface area contributed by atoms with Crippen molar-refractivity contribution in [1.82, 2.24) is 10.3 Å². The molecule has 4 aromatic rings. The molecular weight excluding hydrogens is 442 g/mol. The van der Waals surface area contributed by atoms with Crippen molar-refractivity contribution >= 4 is 40.5 Å². The summed E-state index contributed by atoms with van der Waals surface area (Å²) in [6.07, 6.45) is 3.89. The van der Waals surface area contributed by atoms with Gasteiger partial charge >= 0.3 is 5.97 Å². The molecule has 0 aliphatic heterocycles. The van der Waals surface area contributed by atoms with Crippen LogP contribution in [0.3, 0.4) is 0 Å². The van der Waals surface area contributed by atoms with Crippen molar-refractivity contribution in [2.75, 3.05) is 6.54 Å². The number of aromatic amines is 1. The molecule has 0 aliphatic carbocycles. The third-order valence-corrected chi connectivity index (χ3v) is 5.43. The van der Waals surface area contributed by atoms with Crippen LogP contribution in [0.4, 0.5) is 0 Å². The van der Waals surface area contributed by atoms with Gasteiger partial charge in [-0.05, 0) is 42.3 Å². The van der Waals surface area contributed by atoms with Crippen LogP contribution >= 0.6 is 11.6 Å². The van der Waals surface area contributed by atoms with Gasteiger partial charge in [-0.15, -0.1) is 0 Å². The maximum Gasteiger partial charge on any atom is 0.337 e. The number of H-pyrrole nitrogens is 1. The van der Waals surface area contributed by atoms with Gasteiger partial charge in [-0.3, -0.25) is 4.79 Å². The number of fused-ring (bicyclic) bond motifs is 1. The highest BCUT2D eigenvalue weighted by Crippen LogP contribution is 2.28. The Bertz CT molecular complexity index is 1420. The molecule has 7 nitrogen and oxygen atoms in total. The highest BCUT2D eigenvalue weighted by Gasteiger charge is 2.14. The van der Waals surface area contributed by atoms with Crippen molar-refractivity contribution in [2.24, 2.45) is 0 Å². The number of aromatic carboxylic acids is 1. The minimum Gasteiger partial charge on any atom is -0.478 e. The first-order chi connectivity index (χ1) is 16.0. The van der Waals surface area contributed by atoms with E-state index in [1.807, 2.05) is 36.5 Å². The number of carbonyl (C=O) groups excluding carboxylic acids is 1. The Morgan fingerprint density at radius 1 is 1.18 bits per heavy atom. The van der Waals surface area contributed by atoms with Gasteiger partial charge in [0, 0.05) is 35.3 Å². The summed E-state index contributed by atoms with van der Waals surface area (Å²) in [5.41, 5.74) is 2.59. The Kier molecular flexibility index (Phi) is 6.29. The van der Waals surface area contributed by atoms with Crippen molar-refractivity contribution in [3.8, 4) is 17.4 Å². The summed E-state index contributed by atoms with van der Waals surface area (Å²) in [4.78, 5) is 26.8. The molecule has 0 fully saturated rings. The number of nitrogens with one attached hydrogen (secondary N) is 2. The summed E-state index contributed by atoms with van der Waals surface area (Å²) in [5.74, 6) is -0.878. The summed E-state index contributed by atoms with van der Waals surface area (Å²) in [6, 6.07) is 17.5. The van der Waals surface area contributed by atoms with Crippen LogP contribution in [-0.4, -0.2) is 28.5 Å². The second-order valence-electron chi connectivity index (χ2n) is 7.24. The number of furan rings is 1. The Hall–Kier alpha value is -4.28. The molecule has 0 unspecified atom stereocenters. The number of rotatable bonds is 7. The van der Waals surface area contributed by atoms with Gasteiger partial charge in [0.2, 0.25) is 0 Å². The van der Waals surface area contributed by atoms with Crippen molar-refractivity contribution in [1.29, 1.82) is 5.26 Å². The lowest BCUT2D eigenvalue weighted by Crippen LogP contribution is -2.26. The molecule has 3 N–H and O–H groups in total. The number of para-hydroxylation sites is 1. The number of hydrogen-bond acceptors (Lipinski definition) is 4. The lowest BCUT2D eigenvalue weighted by atomic mass is 10.1. The summed E-state index contributed by atoms with van der Waals surface area (Å²) in [6.45, 7) is 0.373. The Morgan fingerprint density at radius 3 is 2.76 bits per heavy atom. The van der Waals surface area contributed by atoms with Crippen LogP contribution in [0.5, 0.6) is 0 Å². The molecule has 0 radical (unpaired) electrons. The topological polar surface area (TPSA) is 119 Å². The first-order valence-corrected chi connectivity index (χ1v) is 10.4. The lowest BCUT2D eigenvalue weighted by Gasteiger charge is -2.04. The molecule has 2 heterocycles. The highest BCUT2D eigenvalue weighted by molar-refractivity contribution is 6.33. The van der Waals surface area contributed by atoms with Crippen LogP contribution in [0, 0.1) is 11.3 Å². The van der Waals surface area contributed by atoms with Gasteiger partial charge in [0.25, 0.3) is 5.91 Å². The third-order valence-electron chi connectivity index (χ3n) is 5.12. The van der Waals surface area contributed by atoms with Crippen LogP contribution < -0.4 is 5.32 Å².